The Morgan fingerprint density at radius 2 is 2.00 bits per heavy atom. The molecule has 0 aliphatic heterocycles. The third-order valence-electron chi connectivity index (χ3n) is 2.95. The monoisotopic (exact) mass is 201 g/mol. The average molecular weight is 201 g/mol. The average Bonchev–Trinajstić information content (AvgIpc) is 2.02. The summed E-state index contributed by atoms with van der Waals surface area (Å²) >= 11 is 2.09. The van der Waals surface area contributed by atoms with Crippen LogP contribution in [0.4, 0.5) is 0 Å². The van der Waals surface area contributed by atoms with Gasteiger partial charge >= 0.3 is 0 Å². The summed E-state index contributed by atoms with van der Waals surface area (Å²) in [5.41, 5.74) is 6.18. The largest absolute Gasteiger partial charge is 0.327 e. The van der Waals surface area contributed by atoms with Crippen LogP contribution in [0.2, 0.25) is 0 Å². The predicted octanol–water partition coefficient (Wildman–Crippen LogP) is 2.89. The Balaban J connectivity index is 2.41. The van der Waals surface area contributed by atoms with E-state index in [2.05, 4.69) is 32.5 Å². The van der Waals surface area contributed by atoms with Crippen molar-refractivity contribution in [3.63, 3.8) is 0 Å². The summed E-state index contributed by atoms with van der Waals surface area (Å²) in [6.45, 7) is 6.94. The van der Waals surface area contributed by atoms with Crippen LogP contribution in [-0.4, -0.2) is 17.0 Å². The lowest BCUT2D eigenvalue weighted by Gasteiger charge is -2.37. The molecule has 13 heavy (non-hydrogen) atoms. The lowest BCUT2D eigenvalue weighted by molar-refractivity contribution is 0.279. The van der Waals surface area contributed by atoms with Crippen molar-refractivity contribution < 1.29 is 0 Å². The first-order chi connectivity index (χ1) is 6.15. The van der Waals surface area contributed by atoms with Crippen LogP contribution in [0.3, 0.4) is 0 Å². The van der Waals surface area contributed by atoms with E-state index in [-0.39, 0.29) is 0 Å². The van der Waals surface area contributed by atoms with Crippen molar-refractivity contribution in [2.75, 3.05) is 5.75 Å². The van der Waals surface area contributed by atoms with E-state index in [4.69, 9.17) is 5.73 Å². The molecular weight excluding hydrogens is 178 g/mol. The lowest BCUT2D eigenvalue weighted by Crippen LogP contribution is -2.43. The van der Waals surface area contributed by atoms with Gasteiger partial charge in [-0.15, -0.1) is 0 Å². The van der Waals surface area contributed by atoms with E-state index >= 15 is 0 Å². The van der Waals surface area contributed by atoms with Gasteiger partial charge in [-0.1, -0.05) is 20.8 Å². The Bertz CT molecular complexity index is 137. The number of nitrogens with two attached hydrogens (primary N) is 1. The van der Waals surface area contributed by atoms with Gasteiger partial charge in [0.25, 0.3) is 0 Å². The van der Waals surface area contributed by atoms with Gasteiger partial charge in [-0.05, 0) is 36.9 Å². The molecule has 0 aromatic heterocycles. The second-order valence-electron chi connectivity index (χ2n) is 4.55. The van der Waals surface area contributed by atoms with Crippen molar-refractivity contribution >= 4 is 11.8 Å². The van der Waals surface area contributed by atoms with Gasteiger partial charge in [0.1, 0.15) is 0 Å². The van der Waals surface area contributed by atoms with Crippen LogP contribution in [-0.2, 0) is 0 Å². The smallest absolute Gasteiger partial charge is 0.0224 e. The van der Waals surface area contributed by atoms with Crippen molar-refractivity contribution in [3.05, 3.63) is 0 Å². The highest BCUT2D eigenvalue weighted by Crippen LogP contribution is 2.35. The molecular formula is C11H23NS. The molecule has 78 valence electrons. The summed E-state index contributed by atoms with van der Waals surface area (Å²) in [4.78, 5) is 0. The molecule has 0 heterocycles. The van der Waals surface area contributed by atoms with Gasteiger partial charge in [-0.25, -0.2) is 0 Å². The quantitative estimate of drug-likeness (QED) is 0.760. The lowest BCUT2D eigenvalue weighted by atomic mass is 9.80. The maximum absolute atomic E-state index is 6.18. The van der Waals surface area contributed by atoms with E-state index in [1.165, 1.54) is 25.0 Å². The molecule has 2 N–H and O–H groups in total. The first-order valence-corrected chi connectivity index (χ1v) is 6.57. The van der Waals surface area contributed by atoms with E-state index in [1.807, 2.05) is 0 Å². The Morgan fingerprint density at radius 1 is 1.31 bits per heavy atom. The number of hydrogen-bond acceptors (Lipinski definition) is 2. The molecule has 4 unspecified atom stereocenters. The molecule has 0 bridgehead atoms. The number of hydrogen-bond donors (Lipinski definition) is 1. The predicted molar refractivity (Wildman–Crippen MR) is 62.1 cm³/mol. The van der Waals surface area contributed by atoms with Crippen molar-refractivity contribution in [1.82, 2.24) is 0 Å². The normalized spacial score (nSPS) is 40.6. The Labute approximate surface area is 86.8 Å². The topological polar surface area (TPSA) is 26.0 Å². The van der Waals surface area contributed by atoms with Crippen LogP contribution in [0.1, 0.15) is 40.0 Å². The number of rotatable bonds is 3. The van der Waals surface area contributed by atoms with Crippen molar-refractivity contribution in [3.8, 4) is 0 Å². The molecule has 1 aliphatic carbocycles. The van der Waals surface area contributed by atoms with Crippen LogP contribution in [0.15, 0.2) is 0 Å². The highest BCUT2D eigenvalue weighted by atomic mass is 32.2. The molecule has 4 atom stereocenters. The second kappa shape index (κ2) is 5.26. The summed E-state index contributed by atoms with van der Waals surface area (Å²) in [7, 11) is 0. The summed E-state index contributed by atoms with van der Waals surface area (Å²) in [5.74, 6) is 2.93. The van der Waals surface area contributed by atoms with Gasteiger partial charge in [0.15, 0.2) is 0 Å². The Hall–Kier alpha value is 0.310. The van der Waals surface area contributed by atoms with E-state index in [9.17, 15) is 0 Å². The zero-order valence-corrected chi connectivity index (χ0v) is 9.94. The molecule has 0 aromatic rings. The third kappa shape index (κ3) is 3.17. The SMILES string of the molecule is CCCSC1C(C)CC(C)CC1N. The van der Waals surface area contributed by atoms with Crippen LogP contribution in [0, 0.1) is 11.8 Å². The van der Waals surface area contributed by atoms with Gasteiger partial charge < -0.3 is 5.73 Å². The number of thioether (sulfide) groups is 1. The van der Waals surface area contributed by atoms with Gasteiger partial charge in [-0.2, -0.15) is 11.8 Å². The van der Waals surface area contributed by atoms with E-state index < -0.39 is 0 Å². The zero-order valence-electron chi connectivity index (χ0n) is 9.12. The van der Waals surface area contributed by atoms with E-state index in [0.717, 1.165) is 17.1 Å². The molecule has 1 aliphatic rings. The molecule has 0 radical (unpaired) electrons. The van der Waals surface area contributed by atoms with Crippen molar-refractivity contribution in [1.29, 1.82) is 0 Å². The second-order valence-corrected chi connectivity index (χ2v) is 5.84. The summed E-state index contributed by atoms with van der Waals surface area (Å²) in [5, 5.41) is 0.719. The highest BCUT2D eigenvalue weighted by Gasteiger charge is 2.31. The molecule has 1 saturated carbocycles. The fraction of sp³-hybridized carbons (Fsp3) is 1.00. The minimum atomic E-state index is 0.440. The summed E-state index contributed by atoms with van der Waals surface area (Å²) in [6.07, 6.45) is 3.87. The molecule has 2 heteroatoms. The minimum absolute atomic E-state index is 0.440. The van der Waals surface area contributed by atoms with E-state index in [1.54, 1.807) is 0 Å². The van der Waals surface area contributed by atoms with Gasteiger partial charge in [0.05, 0.1) is 0 Å². The molecule has 0 spiro atoms. The summed E-state index contributed by atoms with van der Waals surface area (Å²) in [6, 6.07) is 0.440. The van der Waals surface area contributed by atoms with Gasteiger partial charge in [0.2, 0.25) is 0 Å². The van der Waals surface area contributed by atoms with Crippen LogP contribution in [0.25, 0.3) is 0 Å². The molecule has 1 rings (SSSR count). The van der Waals surface area contributed by atoms with Crippen molar-refractivity contribution in [2.24, 2.45) is 17.6 Å². The first kappa shape index (κ1) is 11.4. The Morgan fingerprint density at radius 3 is 2.54 bits per heavy atom. The standard InChI is InChI=1S/C11H23NS/c1-4-5-13-11-9(3)6-8(2)7-10(11)12/h8-11H,4-7,12H2,1-3H3. The molecule has 1 nitrogen and oxygen atoms in total. The van der Waals surface area contributed by atoms with E-state index in [0.29, 0.717) is 6.04 Å². The molecule has 1 fully saturated rings. The fourth-order valence-electron chi connectivity index (χ4n) is 2.43. The van der Waals surface area contributed by atoms with Gasteiger partial charge in [0, 0.05) is 11.3 Å². The van der Waals surface area contributed by atoms with Crippen LogP contribution < -0.4 is 5.73 Å². The molecule has 0 aromatic carbocycles. The maximum atomic E-state index is 6.18. The minimum Gasteiger partial charge on any atom is -0.327 e. The van der Waals surface area contributed by atoms with Gasteiger partial charge in [-0.3, -0.25) is 0 Å². The molecule has 0 amide bonds. The van der Waals surface area contributed by atoms with Crippen LogP contribution in [0.5, 0.6) is 0 Å². The maximum Gasteiger partial charge on any atom is 0.0224 e. The third-order valence-corrected chi connectivity index (χ3v) is 4.79. The van der Waals surface area contributed by atoms with Crippen molar-refractivity contribution in [2.45, 2.75) is 51.3 Å². The molecule has 0 saturated heterocycles. The Kier molecular flexibility index (Phi) is 4.60. The highest BCUT2D eigenvalue weighted by molar-refractivity contribution is 7.99. The van der Waals surface area contributed by atoms with Crippen LogP contribution >= 0.6 is 11.8 Å². The summed E-state index contributed by atoms with van der Waals surface area (Å²) < 4.78 is 0. The fourth-order valence-corrected chi connectivity index (χ4v) is 3.73. The first-order valence-electron chi connectivity index (χ1n) is 5.52. The zero-order chi connectivity index (χ0) is 9.84.